The number of para-hydroxylation sites is 1. The molecule has 0 atom stereocenters. The summed E-state index contributed by atoms with van der Waals surface area (Å²) in [6.45, 7) is 7.19. The van der Waals surface area contributed by atoms with E-state index >= 15 is 0 Å². The summed E-state index contributed by atoms with van der Waals surface area (Å²) in [4.78, 5) is 32.1. The van der Waals surface area contributed by atoms with E-state index in [0.717, 1.165) is 0 Å². The molecular formula is C24H27N5O4. The minimum Gasteiger partial charge on any atom is -0.444 e. The Bertz CT molecular complexity index is 1030. The van der Waals surface area contributed by atoms with Gasteiger partial charge in [0.05, 0.1) is 0 Å². The number of ether oxygens (including phenoxy) is 2. The summed E-state index contributed by atoms with van der Waals surface area (Å²) in [5.41, 5.74) is 0.587. The SMILES string of the molecule is CC(C)(C)OC(=O)N1CCN(C(=O)c2ccc(N/C(=N/C#N)Oc3ccccc3)cc2)CC1. The average molecular weight is 450 g/mol. The molecule has 0 aliphatic carbocycles. The van der Waals surface area contributed by atoms with Gasteiger partial charge in [0.15, 0.2) is 0 Å². The van der Waals surface area contributed by atoms with Crippen molar-refractivity contribution < 1.29 is 19.1 Å². The molecule has 0 unspecified atom stereocenters. The predicted octanol–water partition coefficient (Wildman–Crippen LogP) is 3.71. The summed E-state index contributed by atoms with van der Waals surface area (Å²) in [5, 5.41) is 11.9. The lowest BCUT2D eigenvalue weighted by atomic mass is 10.1. The highest BCUT2D eigenvalue weighted by Gasteiger charge is 2.28. The predicted molar refractivity (Wildman–Crippen MR) is 124 cm³/mol. The van der Waals surface area contributed by atoms with Crippen LogP contribution >= 0.6 is 0 Å². The van der Waals surface area contributed by atoms with Gasteiger partial charge < -0.3 is 24.6 Å². The number of nitrogens with one attached hydrogen (secondary N) is 1. The first-order valence-electron chi connectivity index (χ1n) is 10.6. The number of nitriles is 1. The number of nitrogens with zero attached hydrogens (tertiary/aromatic N) is 4. The molecule has 0 spiro atoms. The maximum atomic E-state index is 12.9. The van der Waals surface area contributed by atoms with Crippen molar-refractivity contribution in [1.82, 2.24) is 9.80 Å². The Morgan fingerprint density at radius 1 is 0.970 bits per heavy atom. The van der Waals surface area contributed by atoms with E-state index in [2.05, 4.69) is 10.3 Å². The minimum absolute atomic E-state index is 0.0287. The third-order valence-corrected chi connectivity index (χ3v) is 4.71. The Labute approximate surface area is 193 Å². The van der Waals surface area contributed by atoms with Crippen LogP contribution in [-0.4, -0.2) is 59.6 Å². The van der Waals surface area contributed by atoms with E-state index in [-0.39, 0.29) is 18.0 Å². The second kappa shape index (κ2) is 10.5. The van der Waals surface area contributed by atoms with Crippen molar-refractivity contribution in [3.05, 3.63) is 60.2 Å². The fraction of sp³-hybridized carbons (Fsp3) is 0.333. The van der Waals surface area contributed by atoms with Gasteiger partial charge in [-0.2, -0.15) is 5.26 Å². The summed E-state index contributed by atoms with van der Waals surface area (Å²) in [6, 6.07) is 15.8. The van der Waals surface area contributed by atoms with Crippen molar-refractivity contribution in [2.75, 3.05) is 31.5 Å². The zero-order chi connectivity index (χ0) is 23.8. The Balaban J connectivity index is 1.56. The first-order valence-corrected chi connectivity index (χ1v) is 10.6. The first kappa shape index (κ1) is 23.6. The van der Waals surface area contributed by atoms with Crippen molar-refractivity contribution in [3.63, 3.8) is 0 Å². The molecule has 172 valence electrons. The second-order valence-electron chi connectivity index (χ2n) is 8.39. The van der Waals surface area contributed by atoms with Crippen LogP contribution in [0.25, 0.3) is 0 Å². The van der Waals surface area contributed by atoms with Gasteiger partial charge in [-0.05, 0) is 57.2 Å². The molecule has 1 aliphatic heterocycles. The Morgan fingerprint density at radius 3 is 2.15 bits per heavy atom. The normalized spacial score (nSPS) is 14.3. The number of hydrogen-bond donors (Lipinski definition) is 1. The third kappa shape index (κ3) is 6.97. The number of amidine groups is 1. The van der Waals surface area contributed by atoms with Gasteiger partial charge in [0.2, 0.25) is 6.19 Å². The molecule has 33 heavy (non-hydrogen) atoms. The Hall–Kier alpha value is -4.06. The largest absolute Gasteiger partial charge is 0.444 e. The molecule has 0 aromatic heterocycles. The van der Waals surface area contributed by atoms with Gasteiger partial charge in [0.1, 0.15) is 11.4 Å². The van der Waals surface area contributed by atoms with Gasteiger partial charge in [0, 0.05) is 37.4 Å². The van der Waals surface area contributed by atoms with E-state index in [1.807, 2.05) is 39.0 Å². The van der Waals surface area contributed by atoms with Gasteiger partial charge in [0.25, 0.3) is 5.91 Å². The molecule has 0 radical (unpaired) electrons. The quantitative estimate of drug-likeness (QED) is 0.435. The van der Waals surface area contributed by atoms with Crippen LogP contribution in [0, 0.1) is 11.5 Å². The van der Waals surface area contributed by atoms with Crippen LogP contribution in [0.5, 0.6) is 5.75 Å². The molecule has 1 heterocycles. The van der Waals surface area contributed by atoms with Crippen LogP contribution in [0.3, 0.4) is 0 Å². The number of carbonyl (C=O) groups is 2. The Morgan fingerprint density at radius 2 is 1.58 bits per heavy atom. The van der Waals surface area contributed by atoms with Crippen molar-refractivity contribution in [2.24, 2.45) is 4.99 Å². The van der Waals surface area contributed by atoms with Gasteiger partial charge >= 0.3 is 12.1 Å². The van der Waals surface area contributed by atoms with Gasteiger partial charge in [-0.3, -0.25) is 4.79 Å². The lowest BCUT2D eigenvalue weighted by Crippen LogP contribution is -2.51. The number of benzene rings is 2. The number of rotatable bonds is 3. The molecule has 3 rings (SSSR count). The van der Waals surface area contributed by atoms with Gasteiger partial charge in [-0.1, -0.05) is 18.2 Å². The molecule has 1 fully saturated rings. The fourth-order valence-corrected chi connectivity index (χ4v) is 3.14. The van der Waals surface area contributed by atoms with Crippen molar-refractivity contribution in [3.8, 4) is 11.9 Å². The Kier molecular flexibility index (Phi) is 7.51. The van der Waals surface area contributed by atoms with Gasteiger partial charge in [-0.25, -0.2) is 4.79 Å². The number of amides is 2. The maximum absolute atomic E-state index is 12.9. The molecule has 2 amide bonds. The van der Waals surface area contributed by atoms with Crippen LogP contribution in [0.15, 0.2) is 59.6 Å². The standard InChI is InChI=1S/C24H27N5O4/c1-24(2,3)33-23(31)29-15-13-28(14-16-29)21(30)18-9-11-19(12-10-18)27-22(26-17-25)32-20-7-5-4-6-8-20/h4-12H,13-16H2,1-3H3,(H,26,27). The highest BCUT2D eigenvalue weighted by Crippen LogP contribution is 2.16. The lowest BCUT2D eigenvalue weighted by molar-refractivity contribution is 0.0141. The summed E-state index contributed by atoms with van der Waals surface area (Å²) < 4.78 is 11.0. The number of anilines is 1. The average Bonchev–Trinajstić information content (AvgIpc) is 2.79. The van der Waals surface area contributed by atoms with Crippen molar-refractivity contribution >= 4 is 23.7 Å². The van der Waals surface area contributed by atoms with Gasteiger partial charge in [-0.15, -0.1) is 4.99 Å². The van der Waals surface area contributed by atoms with Crippen LogP contribution in [0.2, 0.25) is 0 Å². The van der Waals surface area contributed by atoms with E-state index in [9.17, 15) is 9.59 Å². The van der Waals surface area contributed by atoms with E-state index in [1.54, 1.807) is 52.4 Å². The maximum Gasteiger partial charge on any atom is 0.410 e. The number of aliphatic imine (C=N–C) groups is 1. The zero-order valence-electron chi connectivity index (χ0n) is 18.9. The zero-order valence-corrected chi connectivity index (χ0v) is 18.9. The van der Waals surface area contributed by atoms with E-state index in [1.165, 1.54) is 0 Å². The molecule has 0 saturated carbocycles. The van der Waals surface area contributed by atoms with E-state index in [0.29, 0.717) is 43.2 Å². The summed E-state index contributed by atoms with van der Waals surface area (Å²) >= 11 is 0. The second-order valence-corrected chi connectivity index (χ2v) is 8.39. The summed E-state index contributed by atoms with van der Waals surface area (Å²) in [5.74, 6) is 0.424. The topological polar surface area (TPSA) is 107 Å². The molecule has 2 aromatic rings. The highest BCUT2D eigenvalue weighted by molar-refractivity contribution is 5.96. The number of piperazine rings is 1. The van der Waals surface area contributed by atoms with E-state index in [4.69, 9.17) is 14.7 Å². The van der Waals surface area contributed by atoms with Crippen molar-refractivity contribution in [1.29, 1.82) is 5.26 Å². The van der Waals surface area contributed by atoms with Crippen molar-refractivity contribution in [2.45, 2.75) is 26.4 Å². The summed E-state index contributed by atoms with van der Waals surface area (Å²) in [6.07, 6.45) is 1.34. The molecule has 9 nitrogen and oxygen atoms in total. The monoisotopic (exact) mass is 449 g/mol. The van der Waals surface area contributed by atoms with Crippen LogP contribution in [-0.2, 0) is 4.74 Å². The van der Waals surface area contributed by atoms with E-state index < -0.39 is 5.60 Å². The minimum atomic E-state index is -0.552. The molecule has 9 heteroatoms. The molecule has 1 aliphatic rings. The van der Waals surface area contributed by atoms with Crippen LogP contribution in [0.1, 0.15) is 31.1 Å². The molecule has 1 N–H and O–H groups in total. The summed E-state index contributed by atoms with van der Waals surface area (Å²) in [7, 11) is 0. The third-order valence-electron chi connectivity index (χ3n) is 4.71. The molecule has 1 saturated heterocycles. The van der Waals surface area contributed by atoms with Crippen LogP contribution < -0.4 is 10.1 Å². The number of hydrogen-bond acceptors (Lipinski definition) is 6. The first-order chi connectivity index (χ1) is 15.7. The van der Waals surface area contributed by atoms with Crippen LogP contribution in [0.4, 0.5) is 10.5 Å². The number of carbonyl (C=O) groups excluding carboxylic acids is 2. The smallest absolute Gasteiger partial charge is 0.410 e. The fourth-order valence-electron chi connectivity index (χ4n) is 3.14. The highest BCUT2D eigenvalue weighted by atomic mass is 16.6. The molecule has 2 aromatic carbocycles. The lowest BCUT2D eigenvalue weighted by Gasteiger charge is -2.35. The molecule has 0 bridgehead atoms. The molecular weight excluding hydrogens is 422 g/mol.